The van der Waals surface area contributed by atoms with Gasteiger partial charge < -0.3 is 4.74 Å². The minimum atomic E-state index is -0.696. The van der Waals surface area contributed by atoms with Gasteiger partial charge in [0.25, 0.3) is 5.69 Å². The maximum Gasteiger partial charge on any atom is 0.339 e. The topological polar surface area (TPSA) is 93.2 Å². The number of hydrogen-bond donors (Lipinski definition) is 0. The standard InChI is InChI=1S/C10H7BrN2O4/c1-17-10(14)6-2-3-9(13(15)16)7(4-11)8(6)5-12/h2-3H,4H2,1H3. The van der Waals surface area contributed by atoms with Gasteiger partial charge in [0.1, 0.15) is 6.07 Å². The number of halogens is 1. The molecule has 1 aromatic rings. The molecule has 0 heterocycles. The van der Waals surface area contributed by atoms with E-state index in [1.165, 1.54) is 19.2 Å². The molecule has 0 N–H and O–H groups in total. The summed E-state index contributed by atoms with van der Waals surface area (Å²) in [6.45, 7) is 0. The number of nitro groups is 1. The van der Waals surface area contributed by atoms with Gasteiger partial charge >= 0.3 is 5.97 Å². The van der Waals surface area contributed by atoms with E-state index in [1.54, 1.807) is 6.07 Å². The number of carbonyl (C=O) groups is 1. The van der Waals surface area contributed by atoms with Crippen molar-refractivity contribution in [3.05, 3.63) is 38.9 Å². The van der Waals surface area contributed by atoms with Crippen LogP contribution in [-0.2, 0) is 10.1 Å². The van der Waals surface area contributed by atoms with Gasteiger partial charge in [-0.2, -0.15) is 5.26 Å². The molecule has 1 rings (SSSR count). The molecule has 88 valence electrons. The van der Waals surface area contributed by atoms with Gasteiger partial charge in [0, 0.05) is 11.4 Å². The number of ether oxygens (including phenoxy) is 1. The Morgan fingerprint density at radius 2 is 2.29 bits per heavy atom. The van der Waals surface area contributed by atoms with Crippen molar-refractivity contribution in [3.8, 4) is 6.07 Å². The zero-order chi connectivity index (χ0) is 13.0. The third-order valence-electron chi connectivity index (χ3n) is 2.14. The van der Waals surface area contributed by atoms with Crippen LogP contribution in [0.25, 0.3) is 0 Å². The zero-order valence-corrected chi connectivity index (χ0v) is 10.4. The fourth-order valence-electron chi connectivity index (χ4n) is 1.35. The smallest absolute Gasteiger partial charge is 0.339 e. The fourth-order valence-corrected chi connectivity index (χ4v) is 1.92. The molecule has 0 aliphatic rings. The molecule has 0 unspecified atom stereocenters. The van der Waals surface area contributed by atoms with Crippen LogP contribution in [0, 0.1) is 21.4 Å². The molecular weight excluding hydrogens is 292 g/mol. The molecule has 0 aromatic heterocycles. The number of methoxy groups -OCH3 is 1. The van der Waals surface area contributed by atoms with Crippen molar-refractivity contribution in [1.29, 1.82) is 5.26 Å². The first-order valence-electron chi connectivity index (χ1n) is 4.41. The Morgan fingerprint density at radius 3 is 2.71 bits per heavy atom. The highest BCUT2D eigenvalue weighted by molar-refractivity contribution is 9.08. The van der Waals surface area contributed by atoms with Crippen molar-refractivity contribution in [3.63, 3.8) is 0 Å². The second-order valence-electron chi connectivity index (χ2n) is 2.98. The van der Waals surface area contributed by atoms with Crippen molar-refractivity contribution in [2.24, 2.45) is 0 Å². The largest absolute Gasteiger partial charge is 0.465 e. The maximum absolute atomic E-state index is 11.4. The van der Waals surface area contributed by atoms with E-state index in [4.69, 9.17) is 5.26 Å². The Labute approximate surface area is 105 Å². The summed E-state index contributed by atoms with van der Waals surface area (Å²) in [6, 6.07) is 4.19. The van der Waals surface area contributed by atoms with E-state index >= 15 is 0 Å². The zero-order valence-electron chi connectivity index (χ0n) is 8.77. The summed E-state index contributed by atoms with van der Waals surface area (Å²) in [4.78, 5) is 21.5. The van der Waals surface area contributed by atoms with Gasteiger partial charge in [0.2, 0.25) is 0 Å². The highest BCUT2D eigenvalue weighted by Gasteiger charge is 2.23. The molecule has 0 saturated heterocycles. The molecule has 0 saturated carbocycles. The summed E-state index contributed by atoms with van der Waals surface area (Å²) < 4.78 is 4.50. The molecule has 0 aliphatic carbocycles. The van der Waals surface area contributed by atoms with Crippen molar-refractivity contribution in [2.75, 3.05) is 7.11 Å². The van der Waals surface area contributed by atoms with Crippen LogP contribution in [0.4, 0.5) is 5.69 Å². The second-order valence-corrected chi connectivity index (χ2v) is 3.54. The Bertz CT molecular complexity index is 522. The summed E-state index contributed by atoms with van der Waals surface area (Å²) >= 11 is 3.07. The third-order valence-corrected chi connectivity index (χ3v) is 2.70. The van der Waals surface area contributed by atoms with Crippen LogP contribution in [0.15, 0.2) is 12.1 Å². The van der Waals surface area contributed by atoms with Gasteiger partial charge in [-0.3, -0.25) is 10.1 Å². The van der Waals surface area contributed by atoms with Crippen LogP contribution in [0.2, 0.25) is 0 Å². The number of esters is 1. The highest BCUT2D eigenvalue weighted by atomic mass is 79.9. The molecule has 17 heavy (non-hydrogen) atoms. The summed E-state index contributed by atoms with van der Waals surface area (Å²) in [5.41, 5.74) is -0.0514. The Kier molecular flexibility index (Phi) is 4.17. The molecule has 0 radical (unpaired) electrons. The summed E-state index contributed by atoms with van der Waals surface area (Å²) in [6.07, 6.45) is 0. The molecule has 0 aliphatic heterocycles. The van der Waals surface area contributed by atoms with Crippen molar-refractivity contribution in [2.45, 2.75) is 5.33 Å². The number of alkyl halides is 1. The van der Waals surface area contributed by atoms with Crippen LogP contribution in [0.5, 0.6) is 0 Å². The highest BCUT2D eigenvalue weighted by Crippen LogP contribution is 2.27. The maximum atomic E-state index is 11.4. The minimum Gasteiger partial charge on any atom is -0.465 e. The monoisotopic (exact) mass is 298 g/mol. The third kappa shape index (κ3) is 2.42. The average molecular weight is 299 g/mol. The van der Waals surface area contributed by atoms with Crippen LogP contribution >= 0.6 is 15.9 Å². The van der Waals surface area contributed by atoms with Crippen LogP contribution in [-0.4, -0.2) is 18.0 Å². The molecule has 0 amide bonds. The van der Waals surface area contributed by atoms with Gasteiger partial charge in [-0.05, 0) is 6.07 Å². The van der Waals surface area contributed by atoms with Crippen molar-refractivity contribution < 1.29 is 14.5 Å². The quantitative estimate of drug-likeness (QED) is 0.369. The van der Waals surface area contributed by atoms with E-state index in [-0.39, 0.29) is 27.7 Å². The lowest BCUT2D eigenvalue weighted by molar-refractivity contribution is -0.385. The van der Waals surface area contributed by atoms with Gasteiger partial charge in [0.15, 0.2) is 0 Å². The first kappa shape index (κ1) is 13.1. The summed E-state index contributed by atoms with van der Waals surface area (Å²) in [5, 5.41) is 19.8. The van der Waals surface area contributed by atoms with E-state index in [9.17, 15) is 14.9 Å². The lowest BCUT2D eigenvalue weighted by Crippen LogP contribution is -2.07. The molecule has 0 bridgehead atoms. The van der Waals surface area contributed by atoms with E-state index in [0.29, 0.717) is 0 Å². The lowest BCUT2D eigenvalue weighted by atomic mass is 10.0. The minimum absolute atomic E-state index is 0.0232. The van der Waals surface area contributed by atoms with Crippen molar-refractivity contribution in [1.82, 2.24) is 0 Å². The first-order chi connectivity index (χ1) is 8.06. The van der Waals surface area contributed by atoms with Crippen LogP contribution in [0.3, 0.4) is 0 Å². The molecular formula is C10H7BrN2O4. The SMILES string of the molecule is COC(=O)c1ccc([N+](=O)[O-])c(CBr)c1C#N. The van der Waals surface area contributed by atoms with Crippen LogP contribution in [0.1, 0.15) is 21.5 Å². The Morgan fingerprint density at radius 1 is 1.65 bits per heavy atom. The molecule has 0 fully saturated rings. The summed E-state index contributed by atoms with van der Waals surface area (Å²) in [7, 11) is 1.18. The van der Waals surface area contributed by atoms with Gasteiger partial charge in [0.05, 0.1) is 28.7 Å². The molecule has 7 heteroatoms. The normalized spacial score (nSPS) is 9.47. The molecule has 1 aromatic carbocycles. The number of carbonyl (C=O) groups excluding carboxylic acids is 1. The van der Waals surface area contributed by atoms with E-state index in [2.05, 4.69) is 20.7 Å². The van der Waals surface area contributed by atoms with E-state index in [0.717, 1.165) is 0 Å². The predicted molar refractivity (Wildman–Crippen MR) is 61.8 cm³/mol. The molecule has 0 atom stereocenters. The van der Waals surface area contributed by atoms with Crippen LogP contribution < -0.4 is 0 Å². The fraction of sp³-hybridized carbons (Fsp3) is 0.200. The van der Waals surface area contributed by atoms with E-state index in [1.807, 2.05) is 0 Å². The van der Waals surface area contributed by atoms with Gasteiger partial charge in [-0.1, -0.05) is 15.9 Å². The van der Waals surface area contributed by atoms with E-state index < -0.39 is 10.9 Å². The average Bonchev–Trinajstić information content (AvgIpc) is 2.35. The first-order valence-corrected chi connectivity index (χ1v) is 5.53. The second kappa shape index (κ2) is 5.41. The number of hydrogen-bond acceptors (Lipinski definition) is 5. The van der Waals surface area contributed by atoms with Crippen molar-refractivity contribution >= 4 is 27.6 Å². The summed E-state index contributed by atoms with van der Waals surface area (Å²) in [5.74, 6) is -0.696. The number of benzene rings is 1. The number of rotatable bonds is 3. The lowest BCUT2D eigenvalue weighted by Gasteiger charge is -2.06. The molecule has 0 spiro atoms. The number of nitro benzene ring substituents is 1. The number of nitriles is 1. The number of nitrogens with zero attached hydrogens (tertiary/aromatic N) is 2. The van der Waals surface area contributed by atoms with Gasteiger partial charge in [-0.25, -0.2) is 4.79 Å². The molecule has 6 nitrogen and oxygen atoms in total. The Balaban J connectivity index is 3.55. The predicted octanol–water partition coefficient (Wildman–Crippen LogP) is 2.15. The Hall–Kier alpha value is -1.94. The van der Waals surface area contributed by atoms with Gasteiger partial charge in [-0.15, -0.1) is 0 Å².